The number of hydrogen-bond acceptors (Lipinski definition) is 5. The zero-order valence-electron chi connectivity index (χ0n) is 11.7. The minimum Gasteiger partial charge on any atom is -0.510 e. The van der Waals surface area contributed by atoms with Crippen LogP contribution in [0.25, 0.3) is 5.57 Å². The van der Waals surface area contributed by atoms with Gasteiger partial charge in [0, 0.05) is 27.5 Å². The van der Waals surface area contributed by atoms with Crippen LogP contribution in [0, 0.1) is 0 Å². The number of benzene rings is 1. The molecule has 0 amide bonds. The van der Waals surface area contributed by atoms with Crippen LogP contribution >= 0.6 is 11.8 Å². The first-order chi connectivity index (χ1) is 9.27. The lowest BCUT2D eigenvalue weighted by molar-refractivity contribution is -0.106. The summed E-state index contributed by atoms with van der Waals surface area (Å²) >= 11 is 1.08. The van der Waals surface area contributed by atoms with Gasteiger partial charge < -0.3 is 9.84 Å². The Kier molecular flexibility index (Phi) is 3.97. The number of aliphatic hydroxyl groups excluding tert-OH is 1. The average molecular weight is 312 g/mol. The zero-order valence-corrected chi connectivity index (χ0v) is 13.4. The van der Waals surface area contributed by atoms with Gasteiger partial charge in [-0.1, -0.05) is 11.8 Å². The Hall–Kier alpha value is -1.27. The molecular formula is C14H16O4S2. The van der Waals surface area contributed by atoms with Gasteiger partial charge in [0.15, 0.2) is 0 Å². The normalized spacial score (nSPS) is 19.3. The third kappa shape index (κ3) is 2.50. The molecule has 1 aliphatic rings. The summed E-state index contributed by atoms with van der Waals surface area (Å²) in [7, 11) is 0.351. The molecule has 0 aliphatic carbocycles. The lowest BCUT2D eigenvalue weighted by Crippen LogP contribution is -2.14. The fraction of sp³-hybridized carbons (Fsp3) is 0.357. The number of hydrogen-bond donors (Lipinski definition) is 1. The minimum atomic E-state index is -1.13. The molecule has 0 radical (unpaired) electrons. The van der Waals surface area contributed by atoms with Gasteiger partial charge in [0.1, 0.15) is 11.5 Å². The van der Waals surface area contributed by atoms with E-state index >= 15 is 0 Å². The molecule has 0 bridgehead atoms. The first-order valence-corrected chi connectivity index (χ1v) is 8.34. The van der Waals surface area contributed by atoms with Crippen molar-refractivity contribution in [3.8, 4) is 5.75 Å². The van der Waals surface area contributed by atoms with Gasteiger partial charge in [-0.3, -0.25) is 9.00 Å². The number of aliphatic hydroxyl groups is 1. The molecule has 1 aliphatic heterocycles. The van der Waals surface area contributed by atoms with Crippen LogP contribution in [0.15, 0.2) is 28.9 Å². The molecule has 0 aromatic heterocycles. The second kappa shape index (κ2) is 5.26. The van der Waals surface area contributed by atoms with E-state index in [4.69, 9.17) is 4.74 Å². The lowest BCUT2D eigenvalue weighted by atomic mass is 10.00. The summed E-state index contributed by atoms with van der Waals surface area (Å²) in [6.45, 7) is 3.58. The van der Waals surface area contributed by atoms with Crippen molar-refractivity contribution in [1.82, 2.24) is 0 Å². The van der Waals surface area contributed by atoms with E-state index in [-0.39, 0.29) is 16.4 Å². The Morgan fingerprint density at radius 1 is 1.35 bits per heavy atom. The molecule has 1 unspecified atom stereocenters. The second-order valence-electron chi connectivity index (χ2n) is 4.94. The molecule has 1 heterocycles. The van der Waals surface area contributed by atoms with Crippen molar-refractivity contribution >= 4 is 33.2 Å². The molecule has 6 heteroatoms. The SMILES string of the molecule is COc1cc(S(C)=O)ccc1C1=C(O)C(C)(C)SC1=O. The number of methoxy groups -OCH3 is 1. The van der Waals surface area contributed by atoms with Gasteiger partial charge in [0.2, 0.25) is 5.12 Å². The minimum absolute atomic E-state index is 0.0520. The highest BCUT2D eigenvalue weighted by atomic mass is 32.2. The van der Waals surface area contributed by atoms with Gasteiger partial charge in [0.25, 0.3) is 0 Å². The van der Waals surface area contributed by atoms with Crippen molar-refractivity contribution in [2.45, 2.75) is 23.5 Å². The molecule has 1 atom stereocenters. The Labute approximate surface area is 124 Å². The van der Waals surface area contributed by atoms with Crippen LogP contribution in [-0.2, 0) is 15.6 Å². The Morgan fingerprint density at radius 2 is 2.00 bits per heavy atom. The average Bonchev–Trinajstić information content (AvgIpc) is 2.57. The first-order valence-electron chi connectivity index (χ1n) is 5.97. The topological polar surface area (TPSA) is 63.6 Å². The number of ether oxygens (including phenoxy) is 1. The fourth-order valence-electron chi connectivity index (χ4n) is 2.02. The van der Waals surface area contributed by atoms with E-state index in [1.807, 2.05) is 0 Å². The molecule has 0 saturated carbocycles. The molecule has 0 saturated heterocycles. The number of thioether (sulfide) groups is 1. The van der Waals surface area contributed by atoms with Gasteiger partial charge in [-0.05, 0) is 32.0 Å². The molecule has 20 heavy (non-hydrogen) atoms. The second-order valence-corrected chi connectivity index (χ2v) is 7.91. The van der Waals surface area contributed by atoms with Crippen LogP contribution < -0.4 is 4.74 Å². The van der Waals surface area contributed by atoms with E-state index in [0.717, 1.165) is 11.8 Å². The van der Waals surface area contributed by atoms with Gasteiger partial charge in [-0.15, -0.1) is 0 Å². The van der Waals surface area contributed by atoms with Crippen LogP contribution in [0.2, 0.25) is 0 Å². The van der Waals surface area contributed by atoms with Crippen molar-refractivity contribution in [2.24, 2.45) is 0 Å². The van der Waals surface area contributed by atoms with E-state index < -0.39 is 15.5 Å². The Balaban J connectivity index is 2.62. The van der Waals surface area contributed by atoms with Crippen molar-refractivity contribution < 1.29 is 18.8 Å². The molecule has 1 aromatic rings. The number of carbonyl (C=O) groups is 1. The summed E-state index contributed by atoms with van der Waals surface area (Å²) in [5.41, 5.74) is 0.799. The highest BCUT2D eigenvalue weighted by Gasteiger charge is 2.41. The number of carbonyl (C=O) groups excluding carboxylic acids is 1. The van der Waals surface area contributed by atoms with Gasteiger partial charge in [-0.2, -0.15) is 0 Å². The summed E-state index contributed by atoms with van der Waals surface area (Å²) in [6.07, 6.45) is 1.57. The quantitative estimate of drug-likeness (QED) is 0.930. The van der Waals surface area contributed by atoms with Gasteiger partial charge in [0.05, 0.1) is 17.4 Å². The summed E-state index contributed by atoms with van der Waals surface area (Å²) in [4.78, 5) is 12.7. The van der Waals surface area contributed by atoms with Gasteiger partial charge >= 0.3 is 0 Å². The van der Waals surface area contributed by atoms with Gasteiger partial charge in [-0.25, -0.2) is 0 Å². The van der Waals surface area contributed by atoms with Crippen molar-refractivity contribution in [1.29, 1.82) is 0 Å². The van der Waals surface area contributed by atoms with E-state index in [9.17, 15) is 14.1 Å². The maximum atomic E-state index is 12.1. The fourth-order valence-corrected chi connectivity index (χ4v) is 3.53. The van der Waals surface area contributed by atoms with Crippen molar-refractivity contribution in [2.75, 3.05) is 13.4 Å². The Bertz CT molecular complexity index is 632. The zero-order chi connectivity index (χ0) is 15.1. The predicted molar refractivity (Wildman–Crippen MR) is 81.6 cm³/mol. The lowest BCUT2D eigenvalue weighted by Gasteiger charge is -2.15. The highest BCUT2D eigenvalue weighted by molar-refractivity contribution is 8.16. The van der Waals surface area contributed by atoms with Crippen LogP contribution in [0.3, 0.4) is 0 Å². The van der Waals surface area contributed by atoms with Crippen LogP contribution in [0.4, 0.5) is 0 Å². The monoisotopic (exact) mass is 312 g/mol. The summed E-state index contributed by atoms with van der Waals surface area (Å²) in [5.74, 6) is 0.488. The van der Waals surface area contributed by atoms with E-state index in [1.54, 1.807) is 38.3 Å². The van der Waals surface area contributed by atoms with E-state index in [2.05, 4.69) is 0 Å². The molecule has 1 N–H and O–H groups in total. The molecule has 1 aromatic carbocycles. The summed E-state index contributed by atoms with van der Waals surface area (Å²) in [5, 5.41) is 10.1. The smallest absolute Gasteiger partial charge is 0.224 e. The van der Waals surface area contributed by atoms with E-state index in [1.165, 1.54) is 7.11 Å². The molecule has 4 nitrogen and oxygen atoms in total. The van der Waals surface area contributed by atoms with Crippen LogP contribution in [0.1, 0.15) is 19.4 Å². The third-order valence-corrected chi connectivity index (χ3v) is 5.14. The molecule has 0 spiro atoms. The number of rotatable bonds is 3. The highest BCUT2D eigenvalue weighted by Crippen LogP contribution is 2.47. The van der Waals surface area contributed by atoms with Crippen LogP contribution in [0.5, 0.6) is 5.75 Å². The maximum absolute atomic E-state index is 12.1. The predicted octanol–water partition coefficient (Wildman–Crippen LogP) is 2.75. The first kappa shape index (κ1) is 15.1. The van der Waals surface area contributed by atoms with Crippen LogP contribution in [-0.4, -0.2) is 32.5 Å². The summed E-state index contributed by atoms with van der Waals surface area (Å²) < 4.78 is 16.1. The molecule has 2 rings (SSSR count). The third-order valence-electron chi connectivity index (χ3n) is 3.13. The Morgan fingerprint density at radius 3 is 2.45 bits per heavy atom. The van der Waals surface area contributed by atoms with Crippen molar-refractivity contribution in [3.05, 3.63) is 29.5 Å². The standard InChI is InChI=1S/C14H16O4S2/c1-14(2)12(15)11(13(16)19-14)9-6-5-8(20(4)17)7-10(9)18-3/h5-7,15H,1-4H3. The molecular weight excluding hydrogens is 296 g/mol. The van der Waals surface area contributed by atoms with Crippen molar-refractivity contribution in [3.63, 3.8) is 0 Å². The molecule has 0 fully saturated rings. The maximum Gasteiger partial charge on any atom is 0.224 e. The largest absolute Gasteiger partial charge is 0.510 e. The molecule has 108 valence electrons. The summed E-state index contributed by atoms with van der Waals surface area (Å²) in [6, 6.07) is 4.98. The van der Waals surface area contributed by atoms with E-state index in [0.29, 0.717) is 16.2 Å².